The van der Waals surface area contributed by atoms with Crippen LogP contribution in [0.25, 0.3) is 0 Å². The number of carbonyl (C=O) groups excluding carboxylic acids is 2. The lowest BCUT2D eigenvalue weighted by Gasteiger charge is -2.23. The van der Waals surface area contributed by atoms with E-state index in [0.29, 0.717) is 12.1 Å². The Bertz CT molecular complexity index is 279. The van der Waals surface area contributed by atoms with Crippen LogP contribution in [0, 0.1) is 0 Å². The number of amides is 2. The van der Waals surface area contributed by atoms with Crippen LogP contribution in [0.3, 0.4) is 0 Å². The number of hydrogen-bond acceptors (Lipinski definition) is 2. The van der Waals surface area contributed by atoms with Gasteiger partial charge in [0.25, 0.3) is 0 Å². The highest BCUT2D eigenvalue weighted by atomic mass is 16.2. The molecular weight excluding hydrogens is 168 g/mol. The molecule has 0 saturated carbocycles. The molecule has 0 aromatic rings. The zero-order valence-electron chi connectivity index (χ0n) is 7.73. The van der Waals surface area contributed by atoms with Crippen LogP contribution in [-0.2, 0) is 4.79 Å². The molecule has 1 aliphatic rings. The third kappa shape index (κ3) is 2.18. The highest BCUT2D eigenvalue weighted by Gasteiger charge is 2.14. The minimum atomic E-state index is -0.122. The summed E-state index contributed by atoms with van der Waals surface area (Å²) in [5, 5.41) is 0. The average Bonchev–Trinajstić information content (AvgIpc) is 2.16. The summed E-state index contributed by atoms with van der Waals surface area (Å²) < 4.78 is 0. The van der Waals surface area contributed by atoms with E-state index in [1.54, 1.807) is 32.4 Å². The van der Waals surface area contributed by atoms with Crippen molar-refractivity contribution in [1.29, 1.82) is 0 Å². The van der Waals surface area contributed by atoms with Crippen molar-refractivity contribution in [3.63, 3.8) is 0 Å². The smallest absolute Gasteiger partial charge is 0.323 e. The van der Waals surface area contributed by atoms with Crippen LogP contribution in [0.1, 0.15) is 0 Å². The maximum atomic E-state index is 11.4. The highest BCUT2D eigenvalue weighted by molar-refractivity contribution is 5.81. The molecule has 0 spiro atoms. The summed E-state index contributed by atoms with van der Waals surface area (Å²) in [4.78, 5) is 24.8. The SMILES string of the molecule is CN(C)C(=O)N1C=C(C=O)C=CC1. The number of nitrogens with zero attached hydrogens (tertiary/aromatic N) is 2. The Morgan fingerprint density at radius 1 is 1.62 bits per heavy atom. The monoisotopic (exact) mass is 180 g/mol. The molecule has 13 heavy (non-hydrogen) atoms. The van der Waals surface area contributed by atoms with E-state index in [1.165, 1.54) is 9.80 Å². The molecule has 1 heterocycles. The predicted molar refractivity (Wildman–Crippen MR) is 49.1 cm³/mol. The Morgan fingerprint density at radius 3 is 2.85 bits per heavy atom. The second kappa shape index (κ2) is 3.89. The van der Waals surface area contributed by atoms with E-state index < -0.39 is 0 Å². The lowest BCUT2D eigenvalue weighted by molar-refractivity contribution is -0.104. The van der Waals surface area contributed by atoms with Crippen LogP contribution in [0.4, 0.5) is 4.79 Å². The van der Waals surface area contributed by atoms with E-state index >= 15 is 0 Å². The third-order valence-corrected chi connectivity index (χ3v) is 1.68. The maximum Gasteiger partial charge on any atom is 0.323 e. The van der Waals surface area contributed by atoms with Gasteiger partial charge in [0.1, 0.15) is 0 Å². The van der Waals surface area contributed by atoms with Gasteiger partial charge in [0.05, 0.1) is 0 Å². The number of allylic oxidation sites excluding steroid dienone is 2. The van der Waals surface area contributed by atoms with Crippen molar-refractivity contribution in [3.8, 4) is 0 Å². The standard InChI is InChI=1S/C9H12N2O2/c1-10(2)9(13)11-5-3-4-8(6-11)7-12/h3-4,6-7H,5H2,1-2H3. The zero-order valence-corrected chi connectivity index (χ0v) is 7.73. The molecule has 0 fully saturated rings. The summed E-state index contributed by atoms with van der Waals surface area (Å²) in [5.74, 6) is 0. The van der Waals surface area contributed by atoms with Crippen molar-refractivity contribution in [2.75, 3.05) is 20.6 Å². The van der Waals surface area contributed by atoms with E-state index in [2.05, 4.69) is 0 Å². The quantitative estimate of drug-likeness (QED) is 0.555. The fourth-order valence-electron chi connectivity index (χ4n) is 1.04. The van der Waals surface area contributed by atoms with E-state index in [0.717, 1.165) is 6.29 Å². The van der Waals surface area contributed by atoms with Crippen molar-refractivity contribution in [2.45, 2.75) is 0 Å². The first-order chi connectivity index (χ1) is 6.15. The summed E-state index contributed by atoms with van der Waals surface area (Å²) in [7, 11) is 3.35. The van der Waals surface area contributed by atoms with Crippen molar-refractivity contribution >= 4 is 12.3 Å². The summed E-state index contributed by atoms with van der Waals surface area (Å²) >= 11 is 0. The molecule has 1 aliphatic heterocycles. The molecule has 70 valence electrons. The average molecular weight is 180 g/mol. The zero-order chi connectivity index (χ0) is 9.84. The first-order valence-corrected chi connectivity index (χ1v) is 3.96. The van der Waals surface area contributed by atoms with Gasteiger partial charge >= 0.3 is 6.03 Å². The van der Waals surface area contributed by atoms with Crippen molar-refractivity contribution in [1.82, 2.24) is 9.80 Å². The van der Waals surface area contributed by atoms with Crippen LogP contribution in [0.2, 0.25) is 0 Å². The minimum Gasteiger partial charge on any atom is -0.330 e. The molecule has 0 aliphatic carbocycles. The largest absolute Gasteiger partial charge is 0.330 e. The summed E-state index contributed by atoms with van der Waals surface area (Å²) in [5.41, 5.74) is 0.515. The van der Waals surface area contributed by atoms with Crippen LogP contribution >= 0.6 is 0 Å². The van der Waals surface area contributed by atoms with Crippen LogP contribution in [0.15, 0.2) is 23.9 Å². The summed E-state index contributed by atoms with van der Waals surface area (Å²) in [6.45, 7) is 0.522. The number of carbonyl (C=O) groups is 2. The van der Waals surface area contributed by atoms with Crippen molar-refractivity contribution in [2.24, 2.45) is 0 Å². The molecule has 0 aromatic carbocycles. The van der Waals surface area contributed by atoms with Gasteiger partial charge in [-0.05, 0) is 0 Å². The van der Waals surface area contributed by atoms with Crippen molar-refractivity contribution in [3.05, 3.63) is 23.9 Å². The second-order valence-corrected chi connectivity index (χ2v) is 2.98. The third-order valence-electron chi connectivity index (χ3n) is 1.68. The summed E-state index contributed by atoms with van der Waals surface area (Å²) in [6, 6.07) is -0.122. The van der Waals surface area contributed by atoms with Crippen LogP contribution in [-0.4, -0.2) is 42.8 Å². The Hall–Kier alpha value is -1.58. The second-order valence-electron chi connectivity index (χ2n) is 2.98. The first-order valence-electron chi connectivity index (χ1n) is 3.96. The molecule has 4 heteroatoms. The van der Waals surface area contributed by atoms with Gasteiger partial charge in [-0.2, -0.15) is 0 Å². The molecule has 1 rings (SSSR count). The van der Waals surface area contributed by atoms with Crippen LogP contribution in [0.5, 0.6) is 0 Å². The van der Waals surface area contributed by atoms with E-state index in [1.807, 2.05) is 0 Å². The van der Waals surface area contributed by atoms with Gasteiger partial charge in [0.15, 0.2) is 6.29 Å². The lowest BCUT2D eigenvalue weighted by atomic mass is 10.2. The van der Waals surface area contributed by atoms with E-state index in [9.17, 15) is 9.59 Å². The van der Waals surface area contributed by atoms with Crippen molar-refractivity contribution < 1.29 is 9.59 Å². The molecule has 2 amide bonds. The molecule has 0 bridgehead atoms. The van der Waals surface area contributed by atoms with E-state index in [4.69, 9.17) is 0 Å². The molecule has 0 saturated heterocycles. The minimum absolute atomic E-state index is 0.122. The van der Waals surface area contributed by atoms with Gasteiger partial charge in [-0.15, -0.1) is 0 Å². The van der Waals surface area contributed by atoms with Gasteiger partial charge in [-0.25, -0.2) is 4.79 Å². The Kier molecular flexibility index (Phi) is 2.84. The number of rotatable bonds is 1. The van der Waals surface area contributed by atoms with Gasteiger partial charge in [-0.1, -0.05) is 12.2 Å². The Balaban J connectivity index is 2.74. The summed E-state index contributed by atoms with van der Waals surface area (Å²) in [6.07, 6.45) is 5.76. The lowest BCUT2D eigenvalue weighted by Crippen LogP contribution is -2.36. The van der Waals surface area contributed by atoms with E-state index in [-0.39, 0.29) is 6.03 Å². The molecule has 0 N–H and O–H groups in total. The molecule has 0 aromatic heterocycles. The number of urea groups is 1. The molecule has 0 unspecified atom stereocenters. The molecule has 0 radical (unpaired) electrons. The number of hydrogen-bond donors (Lipinski definition) is 0. The molecule has 4 nitrogen and oxygen atoms in total. The molecule has 0 atom stereocenters. The maximum absolute atomic E-state index is 11.4. The first kappa shape index (κ1) is 9.51. The number of aldehydes is 1. The fraction of sp³-hybridized carbons (Fsp3) is 0.333. The highest BCUT2D eigenvalue weighted by Crippen LogP contribution is 2.06. The Morgan fingerprint density at radius 2 is 2.31 bits per heavy atom. The fourth-order valence-corrected chi connectivity index (χ4v) is 1.04. The Labute approximate surface area is 77.1 Å². The normalized spacial score (nSPS) is 15.2. The van der Waals surface area contributed by atoms with Gasteiger partial charge in [-0.3, -0.25) is 9.69 Å². The predicted octanol–water partition coefficient (Wildman–Crippen LogP) is 0.623. The van der Waals surface area contributed by atoms with Gasteiger partial charge in [0, 0.05) is 32.4 Å². The molecular formula is C9H12N2O2. The van der Waals surface area contributed by atoms with Gasteiger partial charge in [0.2, 0.25) is 0 Å². The van der Waals surface area contributed by atoms with Crippen LogP contribution < -0.4 is 0 Å². The topological polar surface area (TPSA) is 40.6 Å². The van der Waals surface area contributed by atoms with Gasteiger partial charge < -0.3 is 4.90 Å².